The number of fused-ring (bicyclic) bond motifs is 1. The van der Waals surface area contributed by atoms with Crippen molar-refractivity contribution in [2.45, 2.75) is 123 Å². The van der Waals surface area contributed by atoms with Gasteiger partial charge in [-0.2, -0.15) is 4.68 Å². The van der Waals surface area contributed by atoms with Crippen LogP contribution in [0.5, 0.6) is 0 Å². The van der Waals surface area contributed by atoms with Gasteiger partial charge in [0.2, 0.25) is 11.8 Å². The summed E-state index contributed by atoms with van der Waals surface area (Å²) < 4.78 is 2.09. The number of unbranched alkanes of at least 4 members (excludes halogenated alkanes) is 8. The van der Waals surface area contributed by atoms with Crippen LogP contribution in [-0.4, -0.2) is 47.0 Å². The molecule has 0 aromatic carbocycles. The van der Waals surface area contributed by atoms with Crippen molar-refractivity contribution in [2.75, 3.05) is 0 Å². The fraction of sp³-hybridized carbons (Fsp3) is 0.583. The topological polar surface area (TPSA) is 120 Å². The van der Waals surface area contributed by atoms with Crippen LogP contribution in [0.1, 0.15) is 133 Å². The molecule has 10 nitrogen and oxygen atoms in total. The number of aromatic nitrogens is 5. The number of nitrogens with zero attached hydrogens (tertiary/aromatic N) is 6. The zero-order valence-electron chi connectivity index (χ0n) is 28.1. The molecule has 0 spiro atoms. The molecule has 10 heteroatoms. The normalized spacial score (nSPS) is 15.1. The standard InChI is InChI=1S/C36H52N6O4/c1-5-6-7-8-9-10-11-12-13-14-15-16-17-18-19-20-31(43)42(32(44)26-23-29-21-24-30(25-22-29)28(2)3)35(45)33-34-38-39-40(4)36(46)41(34)27-37-33/h9-10,12-13,21,27,30H,2,5-8,11,14-20,22-26H2,1,3-4H3/b10-9-,13-12-/t30-/m1/s1. The van der Waals surface area contributed by atoms with E-state index >= 15 is 0 Å². The van der Waals surface area contributed by atoms with Gasteiger partial charge in [0.25, 0.3) is 5.91 Å². The molecule has 0 bridgehead atoms. The SMILES string of the molecule is C=C(C)[C@@H]1CC=C(CCC(=O)N(C(=O)CCCCCCC/C=C\C/C=C\CCCCC)C(=O)c2ncn3c(=O)n(C)nnc23)CC1. The summed E-state index contributed by atoms with van der Waals surface area (Å²) in [6, 6.07) is 0. The lowest BCUT2D eigenvalue weighted by Crippen LogP contribution is -2.42. The molecule has 2 aromatic rings. The summed E-state index contributed by atoms with van der Waals surface area (Å²) in [4.78, 5) is 57.7. The van der Waals surface area contributed by atoms with E-state index in [2.05, 4.69) is 59.2 Å². The largest absolute Gasteiger partial charge is 0.352 e. The number of carbonyl (C=O) groups excluding carboxylic acids is 3. The van der Waals surface area contributed by atoms with Gasteiger partial charge < -0.3 is 0 Å². The Labute approximate surface area is 273 Å². The number of rotatable bonds is 19. The lowest BCUT2D eigenvalue weighted by molar-refractivity contribution is -0.141. The summed E-state index contributed by atoms with van der Waals surface area (Å²) in [6.07, 6.45) is 27.1. The van der Waals surface area contributed by atoms with Crippen molar-refractivity contribution in [3.63, 3.8) is 0 Å². The highest BCUT2D eigenvalue weighted by molar-refractivity contribution is 6.17. The minimum Gasteiger partial charge on any atom is -0.274 e. The third-order valence-electron chi connectivity index (χ3n) is 8.61. The Morgan fingerprint density at radius 2 is 1.65 bits per heavy atom. The van der Waals surface area contributed by atoms with Crippen LogP contribution in [0.2, 0.25) is 0 Å². The van der Waals surface area contributed by atoms with Crippen LogP contribution in [0.15, 0.2) is 59.2 Å². The average Bonchev–Trinajstić information content (AvgIpc) is 3.49. The zero-order chi connectivity index (χ0) is 33.3. The molecule has 0 radical (unpaired) electrons. The van der Waals surface area contributed by atoms with Gasteiger partial charge in [0.15, 0.2) is 11.3 Å². The van der Waals surface area contributed by atoms with Crippen LogP contribution in [0.25, 0.3) is 5.65 Å². The second-order valence-electron chi connectivity index (χ2n) is 12.4. The van der Waals surface area contributed by atoms with Crippen molar-refractivity contribution in [3.05, 3.63) is 70.6 Å². The lowest BCUT2D eigenvalue weighted by atomic mass is 9.84. The van der Waals surface area contributed by atoms with Crippen LogP contribution < -0.4 is 5.69 Å². The Kier molecular flexibility index (Phi) is 15.5. The van der Waals surface area contributed by atoms with Crippen LogP contribution in [0, 0.1) is 5.92 Å². The molecule has 0 unspecified atom stereocenters. The summed E-state index contributed by atoms with van der Waals surface area (Å²) >= 11 is 0. The van der Waals surface area contributed by atoms with Crippen molar-refractivity contribution in [3.8, 4) is 0 Å². The summed E-state index contributed by atoms with van der Waals surface area (Å²) in [5, 5.41) is 7.67. The predicted octanol–water partition coefficient (Wildman–Crippen LogP) is 7.21. The third kappa shape index (κ3) is 11.1. The number of hydrogen-bond donors (Lipinski definition) is 0. The van der Waals surface area contributed by atoms with Gasteiger partial charge in [0, 0.05) is 19.9 Å². The number of imide groups is 3. The Morgan fingerprint density at radius 1 is 0.978 bits per heavy atom. The quantitative estimate of drug-likeness (QED) is 0.119. The Hall–Kier alpha value is -3.95. The van der Waals surface area contributed by atoms with E-state index in [0.717, 1.165) is 90.8 Å². The van der Waals surface area contributed by atoms with E-state index in [1.165, 1.54) is 26.3 Å². The summed E-state index contributed by atoms with van der Waals surface area (Å²) in [5.74, 6) is -1.55. The van der Waals surface area contributed by atoms with E-state index in [9.17, 15) is 19.2 Å². The van der Waals surface area contributed by atoms with Gasteiger partial charge in [0.05, 0.1) is 0 Å². The van der Waals surface area contributed by atoms with Gasteiger partial charge in [-0.25, -0.2) is 19.1 Å². The highest BCUT2D eigenvalue weighted by Crippen LogP contribution is 2.30. The number of amides is 3. The molecule has 0 aliphatic heterocycles. The van der Waals surface area contributed by atoms with Crippen molar-refractivity contribution < 1.29 is 14.4 Å². The summed E-state index contributed by atoms with van der Waals surface area (Å²) in [5.41, 5.74) is 1.45. The highest BCUT2D eigenvalue weighted by Gasteiger charge is 2.32. The van der Waals surface area contributed by atoms with Crippen molar-refractivity contribution >= 4 is 23.4 Å². The molecule has 0 saturated heterocycles. The summed E-state index contributed by atoms with van der Waals surface area (Å²) in [6.45, 7) is 8.31. The summed E-state index contributed by atoms with van der Waals surface area (Å²) in [7, 11) is 1.43. The van der Waals surface area contributed by atoms with E-state index in [0.29, 0.717) is 23.7 Å². The molecule has 1 atom stereocenters. The smallest absolute Gasteiger partial charge is 0.274 e. The molecule has 0 N–H and O–H groups in total. The predicted molar refractivity (Wildman–Crippen MR) is 181 cm³/mol. The monoisotopic (exact) mass is 632 g/mol. The first-order valence-corrected chi connectivity index (χ1v) is 17.0. The van der Waals surface area contributed by atoms with Gasteiger partial charge in [-0.15, -0.1) is 5.10 Å². The van der Waals surface area contributed by atoms with Crippen LogP contribution >= 0.6 is 0 Å². The molecule has 2 aromatic heterocycles. The molecule has 1 aliphatic rings. The molecule has 46 heavy (non-hydrogen) atoms. The van der Waals surface area contributed by atoms with Crippen molar-refractivity contribution in [1.82, 2.24) is 29.3 Å². The number of imidazole rings is 1. The molecule has 1 aliphatic carbocycles. The maximum Gasteiger partial charge on any atom is 0.352 e. The number of aryl methyl sites for hydroxylation is 1. The Bertz CT molecular complexity index is 1480. The molecule has 2 heterocycles. The van der Waals surface area contributed by atoms with Crippen LogP contribution in [-0.2, 0) is 16.6 Å². The molecule has 3 rings (SSSR count). The van der Waals surface area contributed by atoms with E-state index in [1.807, 2.05) is 6.92 Å². The molecular weight excluding hydrogens is 580 g/mol. The minimum atomic E-state index is -0.873. The van der Waals surface area contributed by atoms with E-state index in [1.54, 1.807) is 0 Å². The van der Waals surface area contributed by atoms with Crippen LogP contribution in [0.3, 0.4) is 0 Å². The van der Waals surface area contributed by atoms with Gasteiger partial charge >= 0.3 is 5.69 Å². The van der Waals surface area contributed by atoms with E-state index in [-0.39, 0.29) is 24.2 Å². The van der Waals surface area contributed by atoms with E-state index < -0.39 is 23.4 Å². The Morgan fingerprint density at radius 3 is 2.33 bits per heavy atom. The first-order valence-electron chi connectivity index (χ1n) is 17.0. The van der Waals surface area contributed by atoms with Gasteiger partial charge in [-0.1, -0.05) is 92.3 Å². The molecule has 250 valence electrons. The second-order valence-corrected chi connectivity index (χ2v) is 12.4. The Balaban J connectivity index is 1.53. The fourth-order valence-electron chi connectivity index (χ4n) is 5.65. The van der Waals surface area contributed by atoms with Crippen LogP contribution in [0.4, 0.5) is 0 Å². The first-order chi connectivity index (χ1) is 22.2. The third-order valence-corrected chi connectivity index (χ3v) is 8.61. The van der Waals surface area contributed by atoms with Gasteiger partial charge in [-0.3, -0.25) is 14.4 Å². The molecule has 0 saturated carbocycles. The fourth-order valence-corrected chi connectivity index (χ4v) is 5.65. The highest BCUT2D eigenvalue weighted by atomic mass is 16.2. The molecule has 0 fully saturated rings. The molecular formula is C36H52N6O4. The van der Waals surface area contributed by atoms with Crippen molar-refractivity contribution in [1.29, 1.82) is 0 Å². The van der Waals surface area contributed by atoms with Gasteiger partial charge in [0.1, 0.15) is 6.33 Å². The van der Waals surface area contributed by atoms with Gasteiger partial charge in [-0.05, 0) is 77.0 Å². The molecule has 3 amide bonds. The maximum absolute atomic E-state index is 13.6. The van der Waals surface area contributed by atoms with E-state index in [4.69, 9.17) is 0 Å². The minimum absolute atomic E-state index is 0.0302. The zero-order valence-corrected chi connectivity index (χ0v) is 28.1. The number of hydrogen-bond acceptors (Lipinski definition) is 7. The number of allylic oxidation sites excluding steroid dienone is 7. The first kappa shape index (κ1) is 36.5. The number of carbonyl (C=O) groups is 3. The lowest BCUT2D eigenvalue weighted by Gasteiger charge is -2.23. The maximum atomic E-state index is 13.6. The second kappa shape index (κ2) is 19.5. The average molecular weight is 633 g/mol. The van der Waals surface area contributed by atoms with Crippen molar-refractivity contribution in [2.24, 2.45) is 13.0 Å².